The van der Waals surface area contributed by atoms with Gasteiger partial charge in [0.1, 0.15) is 18.1 Å². The molecular weight excluding hydrogens is 348 g/mol. The lowest BCUT2D eigenvalue weighted by atomic mass is 10.2. The molecule has 0 aliphatic rings. The molecule has 0 amide bonds. The molecule has 27 heavy (non-hydrogen) atoms. The highest BCUT2D eigenvalue weighted by Crippen LogP contribution is 2.32. The van der Waals surface area contributed by atoms with Gasteiger partial charge in [0.05, 0.1) is 26.0 Å². The van der Waals surface area contributed by atoms with E-state index in [2.05, 4.69) is 15.1 Å². The predicted octanol–water partition coefficient (Wildman–Crippen LogP) is 3.82. The second kappa shape index (κ2) is 6.99. The van der Waals surface area contributed by atoms with Gasteiger partial charge in [-0.2, -0.15) is 4.98 Å². The van der Waals surface area contributed by atoms with Gasteiger partial charge in [0.15, 0.2) is 11.5 Å². The van der Waals surface area contributed by atoms with Gasteiger partial charge in [-0.3, -0.25) is 0 Å². The third-order valence-corrected chi connectivity index (χ3v) is 4.31. The number of aromatic nitrogens is 4. The van der Waals surface area contributed by atoms with E-state index in [1.54, 1.807) is 39.0 Å². The van der Waals surface area contributed by atoms with Gasteiger partial charge in [-0.05, 0) is 31.2 Å². The molecule has 0 aliphatic heterocycles. The van der Waals surface area contributed by atoms with E-state index in [1.165, 1.54) is 0 Å². The first kappa shape index (κ1) is 16.9. The van der Waals surface area contributed by atoms with Gasteiger partial charge in [-0.1, -0.05) is 5.16 Å². The molecule has 0 radical (unpaired) electrons. The Kier molecular flexibility index (Phi) is 4.37. The lowest BCUT2D eigenvalue weighted by Crippen LogP contribution is -2.07. The van der Waals surface area contributed by atoms with Crippen LogP contribution in [0.4, 0.5) is 0 Å². The summed E-state index contributed by atoms with van der Waals surface area (Å²) in [6, 6.07) is 7.13. The zero-order valence-corrected chi connectivity index (χ0v) is 15.1. The minimum Gasteiger partial charge on any atom is -0.493 e. The molecule has 0 unspecified atom stereocenters. The molecule has 0 saturated carbocycles. The number of nitrogens with zero attached hydrogens (tertiary/aromatic N) is 4. The molecule has 1 aromatic carbocycles. The Labute approximate surface area is 155 Å². The molecule has 8 heteroatoms. The summed E-state index contributed by atoms with van der Waals surface area (Å²) in [6.07, 6.45) is 6.85. The van der Waals surface area contributed by atoms with Crippen LogP contribution in [0.3, 0.4) is 0 Å². The van der Waals surface area contributed by atoms with Crippen molar-refractivity contribution in [3.63, 3.8) is 0 Å². The van der Waals surface area contributed by atoms with Gasteiger partial charge in [-0.25, -0.2) is 4.98 Å². The van der Waals surface area contributed by atoms with Crippen molar-refractivity contribution in [3.05, 3.63) is 55.1 Å². The Morgan fingerprint density at radius 1 is 1.07 bits per heavy atom. The number of hydrogen-bond donors (Lipinski definition) is 0. The van der Waals surface area contributed by atoms with Crippen LogP contribution in [0.15, 0.2) is 58.1 Å². The van der Waals surface area contributed by atoms with Crippen LogP contribution >= 0.6 is 0 Å². The number of furan rings is 1. The van der Waals surface area contributed by atoms with Crippen LogP contribution in [0.25, 0.3) is 22.8 Å². The summed E-state index contributed by atoms with van der Waals surface area (Å²) in [5.41, 5.74) is 1.65. The van der Waals surface area contributed by atoms with Crippen molar-refractivity contribution in [3.8, 4) is 34.3 Å². The summed E-state index contributed by atoms with van der Waals surface area (Å²) < 4.78 is 23.2. The summed E-state index contributed by atoms with van der Waals surface area (Å²) in [4.78, 5) is 8.94. The van der Waals surface area contributed by atoms with E-state index >= 15 is 0 Å². The molecule has 8 nitrogen and oxygen atoms in total. The zero-order chi connectivity index (χ0) is 18.8. The third-order valence-electron chi connectivity index (χ3n) is 4.31. The van der Waals surface area contributed by atoms with Crippen LogP contribution in [0, 0.1) is 0 Å². The summed E-state index contributed by atoms with van der Waals surface area (Å²) in [5, 5.41) is 4.11. The number of methoxy groups -OCH3 is 2. The van der Waals surface area contributed by atoms with Crippen LogP contribution in [-0.2, 0) is 0 Å². The van der Waals surface area contributed by atoms with Crippen molar-refractivity contribution >= 4 is 0 Å². The number of ether oxygens (including phenoxy) is 2. The minimum atomic E-state index is -0.196. The van der Waals surface area contributed by atoms with Crippen LogP contribution in [0.1, 0.15) is 18.9 Å². The first-order valence-corrected chi connectivity index (χ1v) is 8.32. The van der Waals surface area contributed by atoms with Crippen molar-refractivity contribution in [2.24, 2.45) is 0 Å². The van der Waals surface area contributed by atoms with Gasteiger partial charge in [0.2, 0.25) is 11.7 Å². The minimum absolute atomic E-state index is 0.196. The van der Waals surface area contributed by atoms with Gasteiger partial charge in [-0.15, -0.1) is 0 Å². The van der Waals surface area contributed by atoms with Crippen LogP contribution < -0.4 is 9.47 Å². The molecule has 0 fully saturated rings. The zero-order valence-electron chi connectivity index (χ0n) is 15.1. The molecule has 4 rings (SSSR count). The van der Waals surface area contributed by atoms with Gasteiger partial charge >= 0.3 is 0 Å². The maximum absolute atomic E-state index is 5.50. The van der Waals surface area contributed by atoms with Crippen molar-refractivity contribution < 1.29 is 18.4 Å². The lowest BCUT2D eigenvalue weighted by Gasteiger charge is -2.11. The molecular formula is C19H18N4O4. The summed E-state index contributed by atoms with van der Waals surface area (Å²) in [5.74, 6) is 2.96. The summed E-state index contributed by atoms with van der Waals surface area (Å²) >= 11 is 0. The predicted molar refractivity (Wildman–Crippen MR) is 96.6 cm³/mol. The first-order chi connectivity index (χ1) is 13.2. The highest BCUT2D eigenvalue weighted by molar-refractivity contribution is 5.60. The van der Waals surface area contributed by atoms with Crippen molar-refractivity contribution in [2.45, 2.75) is 13.0 Å². The van der Waals surface area contributed by atoms with E-state index in [0.29, 0.717) is 23.2 Å². The maximum atomic E-state index is 5.50. The number of imidazole rings is 1. The third kappa shape index (κ3) is 3.05. The second-order valence-electron chi connectivity index (χ2n) is 5.87. The number of hydrogen-bond acceptors (Lipinski definition) is 7. The molecule has 138 valence electrons. The van der Waals surface area contributed by atoms with E-state index in [0.717, 1.165) is 17.0 Å². The Morgan fingerprint density at radius 2 is 1.93 bits per heavy atom. The van der Waals surface area contributed by atoms with E-state index in [1.807, 2.05) is 35.9 Å². The summed E-state index contributed by atoms with van der Waals surface area (Å²) in [7, 11) is 3.18. The first-order valence-electron chi connectivity index (χ1n) is 8.32. The molecule has 1 atom stereocenters. The fraction of sp³-hybridized carbons (Fsp3) is 0.211. The number of rotatable bonds is 6. The molecule has 0 saturated heterocycles. The Bertz CT molecular complexity index is 1040. The van der Waals surface area contributed by atoms with E-state index in [4.69, 9.17) is 18.4 Å². The Hall–Kier alpha value is -3.55. The van der Waals surface area contributed by atoms with Gasteiger partial charge < -0.3 is 23.0 Å². The summed E-state index contributed by atoms with van der Waals surface area (Å²) in [6.45, 7) is 1.97. The smallest absolute Gasteiger partial charge is 0.249 e. The average molecular weight is 366 g/mol. The monoisotopic (exact) mass is 366 g/mol. The number of benzene rings is 1. The van der Waals surface area contributed by atoms with Crippen molar-refractivity contribution in [1.82, 2.24) is 19.7 Å². The van der Waals surface area contributed by atoms with E-state index in [-0.39, 0.29) is 6.04 Å². The standard InChI is InChI=1S/C19H18N4O4/c1-12(23-8-7-20-18(23)14-6-9-26-11-14)19-21-17(22-27-19)13-4-5-15(24-2)16(10-13)25-3/h4-12H,1-3H3/t12-/m1/s1. The molecule has 0 bridgehead atoms. The van der Waals surface area contributed by atoms with Crippen LogP contribution in [0.2, 0.25) is 0 Å². The van der Waals surface area contributed by atoms with E-state index < -0.39 is 0 Å². The van der Waals surface area contributed by atoms with E-state index in [9.17, 15) is 0 Å². The quantitative estimate of drug-likeness (QED) is 0.512. The van der Waals surface area contributed by atoms with Gasteiger partial charge in [0, 0.05) is 18.0 Å². The molecule has 0 N–H and O–H groups in total. The SMILES string of the molecule is COc1ccc(-c2noc([C@@H](C)n3ccnc3-c3ccoc3)n2)cc1OC. The highest BCUT2D eigenvalue weighted by atomic mass is 16.5. The fourth-order valence-corrected chi connectivity index (χ4v) is 2.86. The maximum Gasteiger partial charge on any atom is 0.249 e. The molecule has 0 aliphatic carbocycles. The topological polar surface area (TPSA) is 88.3 Å². The van der Waals surface area contributed by atoms with Gasteiger partial charge in [0.25, 0.3) is 0 Å². The molecule has 3 heterocycles. The van der Waals surface area contributed by atoms with Crippen LogP contribution in [0.5, 0.6) is 11.5 Å². The average Bonchev–Trinajstić information content (AvgIpc) is 3.47. The van der Waals surface area contributed by atoms with Crippen molar-refractivity contribution in [2.75, 3.05) is 14.2 Å². The normalized spacial score (nSPS) is 12.1. The highest BCUT2D eigenvalue weighted by Gasteiger charge is 2.21. The molecule has 3 aromatic heterocycles. The molecule has 0 spiro atoms. The second-order valence-corrected chi connectivity index (χ2v) is 5.87. The largest absolute Gasteiger partial charge is 0.493 e. The lowest BCUT2D eigenvalue weighted by molar-refractivity contribution is 0.346. The Morgan fingerprint density at radius 3 is 2.67 bits per heavy atom. The van der Waals surface area contributed by atoms with Crippen LogP contribution in [-0.4, -0.2) is 33.9 Å². The molecule has 4 aromatic rings. The Balaban J connectivity index is 1.65. The van der Waals surface area contributed by atoms with Crippen molar-refractivity contribution in [1.29, 1.82) is 0 Å². The fourth-order valence-electron chi connectivity index (χ4n) is 2.86.